The number of hydrogen-bond acceptors (Lipinski definition) is 5. The first-order chi connectivity index (χ1) is 11.1. The number of hydrogen-bond donors (Lipinski definition) is 2. The number of aromatic hydroxyl groups is 1. The van der Waals surface area contributed by atoms with Crippen molar-refractivity contribution in [1.29, 1.82) is 0 Å². The molecule has 0 bridgehead atoms. The van der Waals surface area contributed by atoms with Crippen molar-refractivity contribution < 1.29 is 9.84 Å². The molecule has 5 nitrogen and oxygen atoms in total. The summed E-state index contributed by atoms with van der Waals surface area (Å²) >= 11 is 6.01. The van der Waals surface area contributed by atoms with Crippen molar-refractivity contribution in [1.82, 2.24) is 9.97 Å². The second-order valence-electron chi connectivity index (χ2n) is 4.86. The average molecular weight is 328 g/mol. The predicted octanol–water partition coefficient (Wildman–Crippen LogP) is 3.76. The molecular formula is C17H14ClN3O2. The summed E-state index contributed by atoms with van der Waals surface area (Å²) in [5.74, 6) is 0.841. The molecular weight excluding hydrogens is 314 g/mol. The zero-order chi connectivity index (χ0) is 16.4. The van der Waals surface area contributed by atoms with Gasteiger partial charge in [-0.05, 0) is 36.4 Å². The molecule has 0 fully saturated rings. The molecule has 0 spiro atoms. The molecule has 116 valence electrons. The second kappa shape index (κ2) is 6.14. The van der Waals surface area contributed by atoms with Crippen LogP contribution in [-0.4, -0.2) is 22.2 Å². The monoisotopic (exact) mass is 327 g/mol. The highest BCUT2D eigenvalue weighted by molar-refractivity contribution is 6.30. The molecule has 0 radical (unpaired) electrons. The Morgan fingerprint density at radius 1 is 1.00 bits per heavy atom. The molecule has 3 rings (SSSR count). The first-order valence-corrected chi connectivity index (χ1v) is 7.23. The van der Waals surface area contributed by atoms with Gasteiger partial charge in [0, 0.05) is 16.1 Å². The van der Waals surface area contributed by atoms with E-state index in [0.717, 1.165) is 5.56 Å². The second-order valence-corrected chi connectivity index (χ2v) is 5.29. The smallest absolute Gasteiger partial charge is 0.221 e. The lowest BCUT2D eigenvalue weighted by Gasteiger charge is -2.10. The molecule has 0 aliphatic carbocycles. The SMILES string of the molecule is COc1ccccc1-c1cc(-c2cc(Cl)ccc2O)nc(N)n1. The fourth-order valence-corrected chi connectivity index (χ4v) is 2.48. The molecule has 0 amide bonds. The number of rotatable bonds is 3. The van der Waals surface area contributed by atoms with Gasteiger partial charge in [-0.25, -0.2) is 9.97 Å². The van der Waals surface area contributed by atoms with Crippen molar-refractivity contribution >= 4 is 17.5 Å². The van der Waals surface area contributed by atoms with Gasteiger partial charge in [-0.2, -0.15) is 0 Å². The molecule has 0 saturated heterocycles. The minimum absolute atomic E-state index is 0.0680. The van der Waals surface area contributed by atoms with Crippen LogP contribution in [0.3, 0.4) is 0 Å². The van der Waals surface area contributed by atoms with Crippen LogP contribution in [0, 0.1) is 0 Å². The van der Waals surface area contributed by atoms with Crippen molar-refractivity contribution in [3.8, 4) is 34.0 Å². The van der Waals surface area contributed by atoms with Crippen molar-refractivity contribution in [2.45, 2.75) is 0 Å². The number of ether oxygens (including phenoxy) is 1. The number of benzene rings is 2. The van der Waals surface area contributed by atoms with Gasteiger partial charge in [-0.1, -0.05) is 23.7 Å². The number of para-hydroxylation sites is 1. The number of phenolic OH excluding ortho intramolecular Hbond substituents is 1. The Hall–Kier alpha value is -2.79. The van der Waals surface area contributed by atoms with Gasteiger partial charge in [-0.15, -0.1) is 0 Å². The third-order valence-corrected chi connectivity index (χ3v) is 3.60. The summed E-state index contributed by atoms with van der Waals surface area (Å²) in [4.78, 5) is 8.46. The Balaban J connectivity index is 2.19. The molecule has 3 aromatic rings. The molecule has 0 unspecified atom stereocenters. The van der Waals surface area contributed by atoms with Gasteiger partial charge in [0.15, 0.2) is 0 Å². The van der Waals surface area contributed by atoms with Crippen LogP contribution in [0.1, 0.15) is 0 Å². The van der Waals surface area contributed by atoms with Crippen LogP contribution in [0.5, 0.6) is 11.5 Å². The summed E-state index contributed by atoms with van der Waals surface area (Å²) < 4.78 is 5.36. The number of anilines is 1. The first-order valence-electron chi connectivity index (χ1n) is 6.85. The Morgan fingerprint density at radius 2 is 1.70 bits per heavy atom. The van der Waals surface area contributed by atoms with E-state index >= 15 is 0 Å². The molecule has 0 atom stereocenters. The number of phenols is 1. The number of nitrogens with zero attached hydrogens (tertiary/aromatic N) is 2. The molecule has 1 aromatic heterocycles. The van der Waals surface area contributed by atoms with Crippen molar-refractivity contribution in [2.75, 3.05) is 12.8 Å². The maximum atomic E-state index is 10.1. The Labute approximate surface area is 138 Å². The molecule has 0 aliphatic rings. The summed E-state index contributed by atoms with van der Waals surface area (Å²) in [5.41, 5.74) is 8.19. The van der Waals surface area contributed by atoms with Gasteiger partial charge in [0.05, 0.1) is 18.5 Å². The molecule has 6 heteroatoms. The van der Waals surface area contributed by atoms with Crippen LogP contribution >= 0.6 is 11.6 Å². The van der Waals surface area contributed by atoms with Gasteiger partial charge < -0.3 is 15.6 Å². The summed E-state index contributed by atoms with van der Waals surface area (Å²) in [6, 6.07) is 13.9. The number of methoxy groups -OCH3 is 1. The van der Waals surface area contributed by atoms with E-state index in [0.29, 0.717) is 27.7 Å². The van der Waals surface area contributed by atoms with Crippen LogP contribution in [0.25, 0.3) is 22.5 Å². The number of nitrogens with two attached hydrogens (primary N) is 1. The molecule has 1 heterocycles. The third kappa shape index (κ3) is 3.05. The van der Waals surface area contributed by atoms with Crippen LogP contribution in [0.15, 0.2) is 48.5 Å². The van der Waals surface area contributed by atoms with Crippen molar-refractivity contribution in [3.05, 3.63) is 53.6 Å². The van der Waals surface area contributed by atoms with Crippen LogP contribution in [0.2, 0.25) is 5.02 Å². The van der Waals surface area contributed by atoms with E-state index in [1.54, 1.807) is 25.3 Å². The average Bonchev–Trinajstić information content (AvgIpc) is 2.56. The Morgan fingerprint density at radius 3 is 2.43 bits per heavy atom. The van der Waals surface area contributed by atoms with Crippen LogP contribution in [-0.2, 0) is 0 Å². The maximum Gasteiger partial charge on any atom is 0.221 e. The van der Waals surface area contributed by atoms with E-state index in [4.69, 9.17) is 22.1 Å². The lowest BCUT2D eigenvalue weighted by Crippen LogP contribution is -1.99. The highest BCUT2D eigenvalue weighted by atomic mass is 35.5. The summed E-state index contributed by atoms with van der Waals surface area (Å²) in [7, 11) is 1.59. The number of aromatic nitrogens is 2. The van der Waals surface area contributed by atoms with E-state index in [9.17, 15) is 5.11 Å². The lowest BCUT2D eigenvalue weighted by atomic mass is 10.1. The first kappa shape index (κ1) is 15.1. The third-order valence-electron chi connectivity index (χ3n) is 3.36. The van der Waals surface area contributed by atoms with E-state index in [1.165, 1.54) is 6.07 Å². The molecule has 23 heavy (non-hydrogen) atoms. The van der Waals surface area contributed by atoms with Gasteiger partial charge in [0.25, 0.3) is 0 Å². The molecule has 0 saturated carbocycles. The minimum atomic E-state index is 0.0680. The van der Waals surface area contributed by atoms with E-state index in [1.807, 2.05) is 24.3 Å². The van der Waals surface area contributed by atoms with Gasteiger partial charge in [-0.3, -0.25) is 0 Å². The summed E-state index contributed by atoms with van der Waals surface area (Å²) in [5, 5.41) is 10.6. The largest absolute Gasteiger partial charge is 0.507 e. The number of halogens is 1. The quantitative estimate of drug-likeness (QED) is 0.765. The Bertz CT molecular complexity index is 868. The summed E-state index contributed by atoms with van der Waals surface area (Å²) in [6.07, 6.45) is 0. The van der Waals surface area contributed by atoms with Crippen LogP contribution in [0.4, 0.5) is 5.95 Å². The summed E-state index contributed by atoms with van der Waals surface area (Å²) in [6.45, 7) is 0. The van der Waals surface area contributed by atoms with Gasteiger partial charge in [0.1, 0.15) is 11.5 Å². The standard InChI is InChI=1S/C17H14ClN3O2/c1-23-16-5-3-2-4-11(16)13-9-14(21-17(19)20-13)12-8-10(18)6-7-15(12)22/h2-9,22H,1H3,(H2,19,20,21). The topological polar surface area (TPSA) is 81.3 Å². The minimum Gasteiger partial charge on any atom is -0.507 e. The Kier molecular flexibility index (Phi) is 4.04. The van der Waals surface area contributed by atoms with Crippen LogP contribution < -0.4 is 10.5 Å². The normalized spacial score (nSPS) is 10.5. The molecule has 0 aliphatic heterocycles. The van der Waals surface area contributed by atoms with E-state index in [2.05, 4.69) is 9.97 Å². The fraction of sp³-hybridized carbons (Fsp3) is 0.0588. The lowest BCUT2D eigenvalue weighted by molar-refractivity contribution is 0.416. The zero-order valence-corrected chi connectivity index (χ0v) is 13.1. The van der Waals surface area contributed by atoms with Crippen molar-refractivity contribution in [3.63, 3.8) is 0 Å². The number of nitrogen functional groups attached to an aromatic ring is 1. The zero-order valence-electron chi connectivity index (χ0n) is 12.3. The predicted molar refractivity (Wildman–Crippen MR) is 90.5 cm³/mol. The van der Waals surface area contributed by atoms with E-state index < -0.39 is 0 Å². The van der Waals surface area contributed by atoms with Gasteiger partial charge in [0.2, 0.25) is 5.95 Å². The highest BCUT2D eigenvalue weighted by Gasteiger charge is 2.13. The van der Waals surface area contributed by atoms with Crippen molar-refractivity contribution in [2.24, 2.45) is 0 Å². The maximum absolute atomic E-state index is 10.1. The molecule has 3 N–H and O–H groups in total. The molecule has 2 aromatic carbocycles. The van der Waals surface area contributed by atoms with Gasteiger partial charge >= 0.3 is 0 Å². The highest BCUT2D eigenvalue weighted by Crippen LogP contribution is 2.34. The fourth-order valence-electron chi connectivity index (χ4n) is 2.31. The van der Waals surface area contributed by atoms with E-state index in [-0.39, 0.29) is 11.7 Å².